The average Bonchev–Trinajstić information content (AvgIpc) is 3.05. The summed E-state index contributed by atoms with van der Waals surface area (Å²) in [4.78, 5) is 14.2. The highest BCUT2D eigenvalue weighted by atomic mass is 32.2. The van der Waals surface area contributed by atoms with Crippen molar-refractivity contribution in [1.29, 1.82) is 0 Å². The van der Waals surface area contributed by atoms with Crippen LogP contribution in [0.5, 0.6) is 0 Å². The fourth-order valence-electron chi connectivity index (χ4n) is 3.74. The first-order valence-corrected chi connectivity index (χ1v) is 11.6. The van der Waals surface area contributed by atoms with Crippen molar-refractivity contribution in [3.63, 3.8) is 0 Å². The molecule has 2 aliphatic rings. The van der Waals surface area contributed by atoms with E-state index in [0.717, 1.165) is 0 Å². The van der Waals surface area contributed by atoms with Crippen LogP contribution in [0.3, 0.4) is 0 Å². The summed E-state index contributed by atoms with van der Waals surface area (Å²) in [5, 5.41) is 1.10. The number of benzene rings is 2. The van der Waals surface area contributed by atoms with Gasteiger partial charge in [0.25, 0.3) is 5.91 Å². The van der Waals surface area contributed by atoms with Gasteiger partial charge in [-0.05, 0) is 31.5 Å². The minimum absolute atomic E-state index is 0.00994. The molecule has 26 heavy (non-hydrogen) atoms. The molecule has 7 nitrogen and oxygen atoms in total. The topological polar surface area (TPSA) is 101 Å². The van der Waals surface area contributed by atoms with Crippen molar-refractivity contribution in [2.75, 3.05) is 23.0 Å². The lowest BCUT2D eigenvalue weighted by atomic mass is 10.1. The SMILES string of the molecule is CCN1C(=O)c2cccc3c(S(=O)(=O)N[C@H]4CCS(=O)(=O)C4)ccc1c23. The second kappa shape index (κ2) is 5.77. The lowest BCUT2D eigenvalue weighted by molar-refractivity contribution is 0.0994. The molecule has 2 heterocycles. The summed E-state index contributed by atoms with van der Waals surface area (Å²) in [6.45, 7) is 2.36. The van der Waals surface area contributed by atoms with E-state index in [1.165, 1.54) is 6.07 Å². The maximum absolute atomic E-state index is 12.9. The summed E-state index contributed by atoms with van der Waals surface area (Å²) in [6, 6.07) is 7.53. The molecule has 138 valence electrons. The number of hydrogen-bond donors (Lipinski definition) is 1. The van der Waals surface area contributed by atoms with E-state index in [1.54, 1.807) is 29.2 Å². The molecule has 1 amide bonds. The Morgan fingerprint density at radius 2 is 2.00 bits per heavy atom. The third-order valence-electron chi connectivity index (χ3n) is 4.90. The van der Waals surface area contributed by atoms with E-state index < -0.39 is 25.9 Å². The normalized spacial score (nSPS) is 21.7. The molecular formula is C17H18N2O5S2. The van der Waals surface area contributed by atoms with Gasteiger partial charge >= 0.3 is 0 Å². The first-order valence-electron chi connectivity index (χ1n) is 8.34. The Morgan fingerprint density at radius 3 is 2.65 bits per heavy atom. The van der Waals surface area contributed by atoms with E-state index in [0.29, 0.717) is 28.6 Å². The van der Waals surface area contributed by atoms with Crippen molar-refractivity contribution in [2.24, 2.45) is 0 Å². The van der Waals surface area contributed by atoms with Gasteiger partial charge in [-0.1, -0.05) is 12.1 Å². The number of sulfone groups is 1. The van der Waals surface area contributed by atoms with Gasteiger partial charge in [-0.3, -0.25) is 4.79 Å². The van der Waals surface area contributed by atoms with Crippen LogP contribution in [0.15, 0.2) is 35.2 Å². The lowest BCUT2D eigenvalue weighted by Crippen LogP contribution is -2.35. The summed E-state index contributed by atoms with van der Waals surface area (Å²) in [7, 11) is -7.10. The Kier molecular flexibility index (Phi) is 3.87. The van der Waals surface area contributed by atoms with Gasteiger partial charge in [-0.25, -0.2) is 21.6 Å². The molecule has 0 unspecified atom stereocenters. The molecule has 1 saturated heterocycles. The highest BCUT2D eigenvalue weighted by Gasteiger charge is 2.34. The number of hydrogen-bond acceptors (Lipinski definition) is 5. The first-order chi connectivity index (χ1) is 12.2. The third-order valence-corrected chi connectivity index (χ3v) is 8.25. The fourth-order valence-corrected chi connectivity index (χ4v) is 6.99. The van der Waals surface area contributed by atoms with Crippen molar-refractivity contribution >= 4 is 42.2 Å². The van der Waals surface area contributed by atoms with Crippen LogP contribution in [0.4, 0.5) is 5.69 Å². The van der Waals surface area contributed by atoms with Gasteiger partial charge in [-0.2, -0.15) is 0 Å². The van der Waals surface area contributed by atoms with Crippen LogP contribution in [0.2, 0.25) is 0 Å². The Balaban J connectivity index is 1.82. The number of nitrogens with zero attached hydrogens (tertiary/aromatic N) is 1. The zero-order valence-electron chi connectivity index (χ0n) is 14.1. The molecule has 4 rings (SSSR count). The van der Waals surface area contributed by atoms with Gasteiger partial charge in [0.05, 0.1) is 22.1 Å². The molecular weight excluding hydrogens is 376 g/mol. The molecule has 2 aromatic carbocycles. The summed E-state index contributed by atoms with van der Waals surface area (Å²) in [5.74, 6) is -0.336. The van der Waals surface area contributed by atoms with Gasteiger partial charge in [0.2, 0.25) is 10.0 Å². The number of carbonyl (C=O) groups is 1. The average molecular weight is 394 g/mol. The Morgan fingerprint density at radius 1 is 1.23 bits per heavy atom. The summed E-state index contributed by atoms with van der Waals surface area (Å²) < 4.78 is 51.5. The van der Waals surface area contributed by atoms with Crippen LogP contribution in [-0.2, 0) is 19.9 Å². The smallest absolute Gasteiger partial charge is 0.258 e. The quantitative estimate of drug-likeness (QED) is 0.842. The minimum Gasteiger partial charge on any atom is -0.308 e. The van der Waals surface area contributed by atoms with E-state index in [4.69, 9.17) is 0 Å². The highest BCUT2D eigenvalue weighted by molar-refractivity contribution is 7.92. The highest BCUT2D eigenvalue weighted by Crippen LogP contribution is 2.40. The zero-order chi connectivity index (χ0) is 18.7. The summed E-state index contributed by atoms with van der Waals surface area (Å²) >= 11 is 0. The molecule has 1 N–H and O–H groups in total. The molecule has 0 bridgehead atoms. The van der Waals surface area contributed by atoms with Gasteiger partial charge in [0, 0.05) is 28.9 Å². The Bertz CT molecular complexity index is 1140. The van der Waals surface area contributed by atoms with Crippen LogP contribution < -0.4 is 9.62 Å². The van der Waals surface area contributed by atoms with Crippen molar-refractivity contribution in [3.05, 3.63) is 35.9 Å². The predicted molar refractivity (Wildman–Crippen MR) is 98.7 cm³/mol. The van der Waals surface area contributed by atoms with Gasteiger partial charge < -0.3 is 4.90 Å². The predicted octanol–water partition coefficient (Wildman–Crippen LogP) is 1.29. The van der Waals surface area contributed by atoms with Crippen LogP contribution in [0.25, 0.3) is 10.8 Å². The molecule has 1 atom stereocenters. The van der Waals surface area contributed by atoms with E-state index in [2.05, 4.69) is 4.72 Å². The monoisotopic (exact) mass is 394 g/mol. The molecule has 0 aromatic heterocycles. The third kappa shape index (κ3) is 2.62. The van der Waals surface area contributed by atoms with Gasteiger partial charge in [0.1, 0.15) is 0 Å². The Hall–Kier alpha value is -1.97. The van der Waals surface area contributed by atoms with Crippen molar-refractivity contribution in [3.8, 4) is 0 Å². The number of sulfonamides is 1. The minimum atomic E-state index is -3.91. The van der Waals surface area contributed by atoms with Gasteiger partial charge in [-0.15, -0.1) is 0 Å². The number of rotatable bonds is 4. The molecule has 1 fully saturated rings. The van der Waals surface area contributed by atoms with Crippen molar-refractivity contribution in [1.82, 2.24) is 4.72 Å². The standard InChI is InChI=1S/C17H18N2O5S2/c1-2-19-14-6-7-15(12-4-3-5-13(16(12)14)17(19)20)26(23,24)18-11-8-9-25(21,22)10-11/h3-7,11,18H,2,8-10H2,1H3/t11-/m0/s1. The van der Waals surface area contributed by atoms with Gasteiger partial charge in [0.15, 0.2) is 9.84 Å². The molecule has 0 radical (unpaired) electrons. The number of nitrogens with one attached hydrogen (secondary N) is 1. The molecule has 0 saturated carbocycles. The molecule has 9 heteroatoms. The molecule has 2 aromatic rings. The van der Waals surface area contributed by atoms with Crippen LogP contribution in [0.1, 0.15) is 23.7 Å². The summed E-state index contributed by atoms with van der Waals surface area (Å²) in [5.41, 5.74) is 1.19. The number of anilines is 1. The maximum Gasteiger partial charge on any atom is 0.258 e. The summed E-state index contributed by atoms with van der Waals surface area (Å²) in [6.07, 6.45) is 0.269. The van der Waals surface area contributed by atoms with Crippen LogP contribution >= 0.6 is 0 Å². The van der Waals surface area contributed by atoms with Crippen LogP contribution in [0, 0.1) is 0 Å². The van der Waals surface area contributed by atoms with E-state index in [9.17, 15) is 21.6 Å². The number of carbonyl (C=O) groups excluding carboxylic acids is 1. The van der Waals surface area contributed by atoms with E-state index in [-0.39, 0.29) is 28.7 Å². The molecule has 2 aliphatic heterocycles. The van der Waals surface area contributed by atoms with Crippen molar-refractivity contribution in [2.45, 2.75) is 24.3 Å². The second-order valence-electron chi connectivity index (χ2n) is 6.58. The zero-order valence-corrected chi connectivity index (χ0v) is 15.7. The molecule has 0 spiro atoms. The van der Waals surface area contributed by atoms with Crippen molar-refractivity contribution < 1.29 is 21.6 Å². The Labute approximate surface area is 152 Å². The first kappa shape index (κ1) is 17.4. The molecule has 0 aliphatic carbocycles. The maximum atomic E-state index is 12.9. The van der Waals surface area contributed by atoms with E-state index in [1.807, 2.05) is 6.92 Å². The van der Waals surface area contributed by atoms with E-state index >= 15 is 0 Å². The second-order valence-corrected chi connectivity index (χ2v) is 10.5. The largest absolute Gasteiger partial charge is 0.308 e. The number of amides is 1. The fraction of sp³-hybridized carbons (Fsp3) is 0.353. The van der Waals surface area contributed by atoms with Crippen LogP contribution in [-0.4, -0.2) is 46.8 Å². The lowest BCUT2D eigenvalue weighted by Gasteiger charge is -2.16.